The van der Waals surface area contributed by atoms with Crippen LogP contribution in [0.15, 0.2) is 18.2 Å². The van der Waals surface area contributed by atoms with Crippen molar-refractivity contribution in [1.29, 1.82) is 0 Å². The van der Waals surface area contributed by atoms with Crippen molar-refractivity contribution < 1.29 is 0 Å². The van der Waals surface area contributed by atoms with Crippen molar-refractivity contribution in [2.75, 3.05) is 0 Å². The molecule has 106 valence electrons. The Bertz CT molecular complexity index is 639. The summed E-state index contributed by atoms with van der Waals surface area (Å²) in [5.74, 6) is 1.27. The first-order valence-electron chi connectivity index (χ1n) is 6.68. The summed E-state index contributed by atoms with van der Waals surface area (Å²) in [6.07, 6.45) is 0.915. The summed E-state index contributed by atoms with van der Waals surface area (Å²) in [5.41, 5.74) is 4.55. The highest BCUT2D eigenvalue weighted by Gasteiger charge is 2.14. The quantitative estimate of drug-likeness (QED) is 0.521. The Morgan fingerprint density at radius 1 is 1.20 bits per heavy atom. The molecule has 0 unspecified atom stereocenters. The van der Waals surface area contributed by atoms with Crippen LogP contribution in [0.3, 0.4) is 0 Å². The number of hydrogen-bond acceptors (Lipinski definition) is 2. The van der Waals surface area contributed by atoms with E-state index in [2.05, 4.69) is 67.4 Å². The zero-order valence-electron chi connectivity index (χ0n) is 12.2. The van der Waals surface area contributed by atoms with Crippen LogP contribution in [-0.2, 0) is 6.42 Å². The Labute approximate surface area is 139 Å². The molecule has 0 aliphatic heterocycles. The molecule has 0 atom stereocenters. The summed E-state index contributed by atoms with van der Waals surface area (Å²) in [6, 6.07) is 6.19. The lowest BCUT2D eigenvalue weighted by Crippen LogP contribution is -2.05. The SMILES string of the molecule is Cc1cccc(-c2nc(Cl)c(I)c(CC(C)C)n2)c1C. The zero-order valence-corrected chi connectivity index (χ0v) is 15.1. The van der Waals surface area contributed by atoms with Gasteiger partial charge in [-0.25, -0.2) is 9.97 Å². The van der Waals surface area contributed by atoms with Crippen molar-refractivity contribution in [3.8, 4) is 11.4 Å². The van der Waals surface area contributed by atoms with Crippen LogP contribution in [-0.4, -0.2) is 9.97 Å². The topological polar surface area (TPSA) is 25.8 Å². The van der Waals surface area contributed by atoms with Crippen molar-refractivity contribution in [1.82, 2.24) is 9.97 Å². The van der Waals surface area contributed by atoms with Gasteiger partial charge in [0.05, 0.1) is 9.26 Å². The van der Waals surface area contributed by atoms with Crippen LogP contribution in [0.25, 0.3) is 11.4 Å². The summed E-state index contributed by atoms with van der Waals surface area (Å²) in [4.78, 5) is 9.20. The van der Waals surface area contributed by atoms with Crippen LogP contribution < -0.4 is 0 Å². The monoisotopic (exact) mass is 400 g/mol. The van der Waals surface area contributed by atoms with Gasteiger partial charge in [0, 0.05) is 5.56 Å². The molecule has 20 heavy (non-hydrogen) atoms. The van der Waals surface area contributed by atoms with E-state index in [4.69, 9.17) is 16.6 Å². The first-order valence-corrected chi connectivity index (χ1v) is 8.14. The number of benzene rings is 1. The van der Waals surface area contributed by atoms with E-state index in [1.54, 1.807) is 0 Å². The van der Waals surface area contributed by atoms with Crippen LogP contribution in [0, 0.1) is 23.3 Å². The summed E-state index contributed by atoms with van der Waals surface area (Å²) in [7, 11) is 0. The lowest BCUT2D eigenvalue weighted by atomic mass is 10.0. The predicted octanol–water partition coefficient (Wildman–Crippen LogP) is 5.22. The van der Waals surface area contributed by atoms with Crippen LogP contribution in [0.5, 0.6) is 0 Å². The van der Waals surface area contributed by atoms with Gasteiger partial charge < -0.3 is 0 Å². The van der Waals surface area contributed by atoms with Gasteiger partial charge in [-0.15, -0.1) is 0 Å². The second kappa shape index (κ2) is 6.39. The fourth-order valence-corrected chi connectivity index (χ4v) is 2.75. The molecule has 0 radical (unpaired) electrons. The van der Waals surface area contributed by atoms with E-state index >= 15 is 0 Å². The molecule has 0 bridgehead atoms. The first kappa shape index (κ1) is 15.7. The van der Waals surface area contributed by atoms with Gasteiger partial charge in [-0.1, -0.05) is 43.6 Å². The fourth-order valence-electron chi connectivity index (χ4n) is 2.10. The maximum Gasteiger partial charge on any atom is 0.161 e. The molecular formula is C16H18ClIN2. The van der Waals surface area contributed by atoms with E-state index in [9.17, 15) is 0 Å². The van der Waals surface area contributed by atoms with Gasteiger partial charge >= 0.3 is 0 Å². The van der Waals surface area contributed by atoms with Crippen molar-refractivity contribution in [2.24, 2.45) is 5.92 Å². The number of nitrogens with zero attached hydrogens (tertiary/aromatic N) is 2. The zero-order chi connectivity index (χ0) is 14.9. The van der Waals surface area contributed by atoms with Crippen molar-refractivity contribution in [3.63, 3.8) is 0 Å². The molecule has 1 aromatic carbocycles. The molecule has 1 heterocycles. The third-order valence-electron chi connectivity index (χ3n) is 3.33. The van der Waals surface area contributed by atoms with Gasteiger partial charge in [0.2, 0.25) is 0 Å². The number of rotatable bonds is 3. The van der Waals surface area contributed by atoms with E-state index in [1.807, 2.05) is 6.07 Å². The minimum Gasteiger partial charge on any atom is -0.232 e. The van der Waals surface area contributed by atoms with E-state index in [-0.39, 0.29) is 0 Å². The smallest absolute Gasteiger partial charge is 0.161 e. The number of aromatic nitrogens is 2. The Hall–Kier alpha value is -0.680. The molecule has 4 heteroatoms. The lowest BCUT2D eigenvalue weighted by Gasteiger charge is -2.12. The molecule has 0 N–H and O–H groups in total. The van der Waals surface area contributed by atoms with Crippen molar-refractivity contribution in [2.45, 2.75) is 34.1 Å². The molecule has 2 aromatic rings. The highest BCUT2D eigenvalue weighted by atomic mass is 127. The fraction of sp³-hybridized carbons (Fsp3) is 0.375. The highest BCUT2D eigenvalue weighted by molar-refractivity contribution is 14.1. The standard InChI is InChI=1S/C16H18ClIN2/c1-9(2)8-13-14(18)15(17)20-16(19-13)12-7-5-6-10(3)11(12)4/h5-7,9H,8H2,1-4H3. The number of halogens is 2. The summed E-state index contributed by atoms with van der Waals surface area (Å²) in [5, 5.41) is 0.548. The molecule has 2 rings (SSSR count). The summed E-state index contributed by atoms with van der Waals surface area (Å²) < 4.78 is 0.965. The van der Waals surface area contributed by atoms with E-state index < -0.39 is 0 Å². The number of hydrogen-bond donors (Lipinski definition) is 0. The van der Waals surface area contributed by atoms with Gasteiger partial charge in [-0.3, -0.25) is 0 Å². The number of aryl methyl sites for hydroxylation is 1. The normalized spacial score (nSPS) is 11.2. The second-order valence-electron chi connectivity index (χ2n) is 5.44. The molecular weight excluding hydrogens is 383 g/mol. The van der Waals surface area contributed by atoms with Gasteiger partial charge in [0.25, 0.3) is 0 Å². The molecule has 0 saturated carbocycles. The third-order valence-corrected chi connectivity index (χ3v) is 5.05. The molecule has 0 saturated heterocycles. The Kier molecular flexibility index (Phi) is 5.02. The summed E-state index contributed by atoms with van der Waals surface area (Å²) >= 11 is 8.52. The Balaban J connectivity index is 2.57. The lowest BCUT2D eigenvalue weighted by molar-refractivity contribution is 0.632. The second-order valence-corrected chi connectivity index (χ2v) is 6.88. The molecule has 0 aliphatic carbocycles. The molecule has 2 nitrogen and oxygen atoms in total. The van der Waals surface area contributed by atoms with E-state index in [0.29, 0.717) is 11.1 Å². The third kappa shape index (κ3) is 3.31. The first-order chi connectivity index (χ1) is 9.40. The average molecular weight is 401 g/mol. The predicted molar refractivity (Wildman–Crippen MR) is 93.2 cm³/mol. The minimum atomic E-state index is 0.543. The maximum atomic E-state index is 6.29. The molecule has 0 aliphatic rings. The Morgan fingerprint density at radius 3 is 2.55 bits per heavy atom. The molecule has 0 spiro atoms. The maximum absolute atomic E-state index is 6.29. The largest absolute Gasteiger partial charge is 0.232 e. The molecule has 0 fully saturated rings. The Morgan fingerprint density at radius 2 is 1.90 bits per heavy atom. The minimum absolute atomic E-state index is 0.543. The van der Waals surface area contributed by atoms with Crippen molar-refractivity contribution in [3.05, 3.63) is 43.7 Å². The van der Waals surface area contributed by atoms with Crippen LogP contribution in [0.1, 0.15) is 30.7 Å². The van der Waals surface area contributed by atoms with Gasteiger partial charge in [0.1, 0.15) is 5.15 Å². The van der Waals surface area contributed by atoms with Gasteiger partial charge in [-0.2, -0.15) is 0 Å². The average Bonchev–Trinajstić information content (AvgIpc) is 2.37. The van der Waals surface area contributed by atoms with Crippen molar-refractivity contribution >= 4 is 34.2 Å². The summed E-state index contributed by atoms with van der Waals surface area (Å²) in [6.45, 7) is 8.57. The molecule has 1 aromatic heterocycles. The van der Waals surface area contributed by atoms with Crippen LogP contribution in [0.2, 0.25) is 5.15 Å². The van der Waals surface area contributed by atoms with Gasteiger partial charge in [-0.05, 0) is 59.9 Å². The van der Waals surface area contributed by atoms with E-state index in [1.165, 1.54) is 11.1 Å². The van der Waals surface area contributed by atoms with E-state index in [0.717, 1.165) is 27.1 Å². The molecule has 0 amide bonds. The van der Waals surface area contributed by atoms with Crippen LogP contribution in [0.4, 0.5) is 0 Å². The highest BCUT2D eigenvalue weighted by Crippen LogP contribution is 2.28. The van der Waals surface area contributed by atoms with Crippen LogP contribution >= 0.6 is 34.2 Å². The van der Waals surface area contributed by atoms with Gasteiger partial charge in [0.15, 0.2) is 5.82 Å².